The van der Waals surface area contributed by atoms with Gasteiger partial charge in [-0.15, -0.1) is 11.3 Å². The summed E-state index contributed by atoms with van der Waals surface area (Å²) in [5, 5.41) is 14.3. The average molecular weight is 412 g/mol. The summed E-state index contributed by atoms with van der Waals surface area (Å²) in [5.74, 6) is -0.828. The first kappa shape index (κ1) is 20.4. The van der Waals surface area contributed by atoms with Gasteiger partial charge in [0, 0.05) is 24.7 Å². The number of nitro benzene ring substituents is 1. The maximum Gasteiger partial charge on any atom is 0.270 e. The lowest BCUT2D eigenvalue weighted by atomic mass is 10.1. The van der Waals surface area contributed by atoms with Gasteiger partial charge >= 0.3 is 0 Å². The zero-order valence-electron chi connectivity index (χ0n) is 16.2. The lowest BCUT2D eigenvalue weighted by Crippen LogP contribution is -2.46. The highest BCUT2D eigenvalue weighted by molar-refractivity contribution is 7.18. The van der Waals surface area contributed by atoms with Crippen molar-refractivity contribution < 1.29 is 14.5 Å². The van der Waals surface area contributed by atoms with E-state index < -0.39 is 16.9 Å². The van der Waals surface area contributed by atoms with Crippen LogP contribution >= 0.6 is 11.3 Å². The molecule has 0 spiro atoms. The number of hydrogen-bond acceptors (Lipinski definition) is 6. The molecule has 0 saturated carbocycles. The molecule has 150 valence electrons. The van der Waals surface area contributed by atoms with Gasteiger partial charge in [-0.25, -0.2) is 4.98 Å². The van der Waals surface area contributed by atoms with E-state index >= 15 is 0 Å². The number of amides is 2. The summed E-state index contributed by atoms with van der Waals surface area (Å²) in [5.41, 5.74) is 0.825. The molecule has 0 aliphatic rings. The second kappa shape index (κ2) is 8.36. The van der Waals surface area contributed by atoms with Crippen molar-refractivity contribution in [3.8, 4) is 0 Å². The number of nitrogens with zero attached hydrogens (tertiary/aromatic N) is 3. The number of aromatic nitrogens is 1. The van der Waals surface area contributed by atoms with E-state index in [-0.39, 0.29) is 23.2 Å². The SMILES string of the molecule is C[C@H](NC(=O)c1cccc([N+](=O)[O-])c1)C(=O)N(C)[C@@H](C)c1nc2ccccc2s1. The van der Waals surface area contributed by atoms with Gasteiger partial charge in [-0.1, -0.05) is 18.2 Å². The van der Waals surface area contributed by atoms with Gasteiger partial charge in [-0.05, 0) is 32.0 Å². The molecule has 2 atom stereocenters. The van der Waals surface area contributed by atoms with Crippen molar-refractivity contribution in [2.75, 3.05) is 7.05 Å². The van der Waals surface area contributed by atoms with Gasteiger partial charge < -0.3 is 10.2 Å². The molecular formula is C20H20N4O4S. The van der Waals surface area contributed by atoms with Crippen LogP contribution in [-0.2, 0) is 4.79 Å². The van der Waals surface area contributed by atoms with Crippen molar-refractivity contribution in [2.24, 2.45) is 0 Å². The molecule has 1 aromatic heterocycles. The van der Waals surface area contributed by atoms with E-state index in [1.807, 2.05) is 31.2 Å². The van der Waals surface area contributed by atoms with E-state index in [0.29, 0.717) is 0 Å². The third-order valence-electron chi connectivity index (χ3n) is 4.63. The summed E-state index contributed by atoms with van der Waals surface area (Å²) in [7, 11) is 1.66. The first-order valence-corrected chi connectivity index (χ1v) is 9.77. The third kappa shape index (κ3) is 4.40. The maximum absolute atomic E-state index is 12.8. The summed E-state index contributed by atoms with van der Waals surface area (Å²) < 4.78 is 1.04. The van der Waals surface area contributed by atoms with Crippen molar-refractivity contribution in [3.05, 3.63) is 69.2 Å². The minimum atomic E-state index is -0.802. The van der Waals surface area contributed by atoms with Gasteiger partial charge in [0.15, 0.2) is 0 Å². The topological polar surface area (TPSA) is 105 Å². The normalized spacial score (nSPS) is 12.9. The van der Waals surface area contributed by atoms with Crippen LogP contribution in [0.1, 0.15) is 35.3 Å². The molecule has 0 fully saturated rings. The molecule has 0 bridgehead atoms. The first-order chi connectivity index (χ1) is 13.8. The van der Waals surface area contributed by atoms with Crippen molar-refractivity contribution in [2.45, 2.75) is 25.9 Å². The standard InChI is InChI=1S/C20H20N4O4S/c1-12(21-18(25)14-7-6-8-15(11-14)24(27)28)20(26)23(3)13(2)19-22-16-9-4-5-10-17(16)29-19/h4-13H,1-3H3,(H,21,25)/t12-,13-/m0/s1. The number of hydrogen-bond donors (Lipinski definition) is 1. The van der Waals surface area contributed by atoms with Crippen LogP contribution in [0, 0.1) is 10.1 Å². The second-order valence-corrected chi connectivity index (χ2v) is 7.71. The Hall–Kier alpha value is -3.33. The minimum absolute atomic E-state index is 0.126. The summed E-state index contributed by atoms with van der Waals surface area (Å²) in [6.45, 7) is 3.46. The van der Waals surface area contributed by atoms with E-state index in [9.17, 15) is 19.7 Å². The fraction of sp³-hybridized carbons (Fsp3) is 0.250. The van der Waals surface area contributed by atoms with Crippen molar-refractivity contribution in [1.29, 1.82) is 0 Å². The smallest absolute Gasteiger partial charge is 0.270 e. The number of nitrogens with one attached hydrogen (secondary N) is 1. The second-order valence-electron chi connectivity index (χ2n) is 6.65. The van der Waals surface area contributed by atoms with Crippen LogP contribution < -0.4 is 5.32 Å². The lowest BCUT2D eigenvalue weighted by molar-refractivity contribution is -0.384. The van der Waals surface area contributed by atoms with Crippen molar-refractivity contribution in [1.82, 2.24) is 15.2 Å². The summed E-state index contributed by atoms with van der Waals surface area (Å²) in [6, 6.07) is 12.1. The molecule has 2 amide bonds. The summed E-state index contributed by atoms with van der Waals surface area (Å²) >= 11 is 1.52. The molecule has 1 N–H and O–H groups in total. The first-order valence-electron chi connectivity index (χ1n) is 8.95. The van der Waals surface area contributed by atoms with Gasteiger partial charge in [0.05, 0.1) is 21.2 Å². The highest BCUT2D eigenvalue weighted by Gasteiger charge is 2.26. The molecule has 8 nitrogen and oxygen atoms in total. The van der Waals surface area contributed by atoms with Crippen LogP contribution in [-0.4, -0.2) is 39.7 Å². The number of likely N-dealkylation sites (N-methyl/N-ethyl adjacent to an activating group) is 1. The van der Waals surface area contributed by atoms with Crippen LogP contribution in [0.3, 0.4) is 0 Å². The van der Waals surface area contributed by atoms with E-state index in [1.54, 1.807) is 14.0 Å². The number of para-hydroxylation sites is 1. The molecular weight excluding hydrogens is 392 g/mol. The number of fused-ring (bicyclic) bond motifs is 1. The molecule has 2 aromatic carbocycles. The zero-order valence-corrected chi connectivity index (χ0v) is 17.0. The molecule has 1 heterocycles. The molecule has 0 saturated heterocycles. The molecule has 29 heavy (non-hydrogen) atoms. The molecule has 9 heteroatoms. The largest absolute Gasteiger partial charge is 0.341 e. The highest BCUT2D eigenvalue weighted by Crippen LogP contribution is 2.29. The quantitative estimate of drug-likeness (QED) is 0.492. The van der Waals surface area contributed by atoms with Gasteiger partial charge in [0.1, 0.15) is 11.0 Å². The number of carbonyl (C=O) groups excluding carboxylic acids is 2. The molecule has 0 radical (unpaired) electrons. The Kier molecular flexibility index (Phi) is 5.88. The number of carbonyl (C=O) groups is 2. The Bertz CT molecular complexity index is 1050. The predicted molar refractivity (Wildman–Crippen MR) is 111 cm³/mol. The number of nitro groups is 1. The molecule has 3 rings (SSSR count). The number of non-ortho nitro benzene ring substituents is 1. The van der Waals surface area contributed by atoms with Gasteiger partial charge in [-0.3, -0.25) is 19.7 Å². The van der Waals surface area contributed by atoms with Crippen LogP contribution in [0.2, 0.25) is 0 Å². The molecule has 0 aliphatic carbocycles. The summed E-state index contributed by atoms with van der Waals surface area (Å²) in [6.07, 6.45) is 0. The Morgan fingerprint density at radius 2 is 1.90 bits per heavy atom. The van der Waals surface area contributed by atoms with E-state index in [1.165, 1.54) is 40.5 Å². The van der Waals surface area contributed by atoms with Gasteiger partial charge in [0.25, 0.3) is 11.6 Å². The van der Waals surface area contributed by atoms with Gasteiger partial charge in [-0.2, -0.15) is 0 Å². The molecule has 3 aromatic rings. The van der Waals surface area contributed by atoms with E-state index in [0.717, 1.165) is 15.2 Å². The minimum Gasteiger partial charge on any atom is -0.341 e. The van der Waals surface area contributed by atoms with Gasteiger partial charge in [0.2, 0.25) is 5.91 Å². The monoisotopic (exact) mass is 412 g/mol. The number of rotatable bonds is 6. The fourth-order valence-electron chi connectivity index (χ4n) is 2.83. The van der Waals surface area contributed by atoms with Crippen LogP contribution in [0.5, 0.6) is 0 Å². The predicted octanol–water partition coefficient (Wildman–Crippen LogP) is 3.54. The lowest BCUT2D eigenvalue weighted by Gasteiger charge is -2.26. The highest BCUT2D eigenvalue weighted by atomic mass is 32.1. The van der Waals surface area contributed by atoms with E-state index in [4.69, 9.17) is 0 Å². The molecule has 0 unspecified atom stereocenters. The Balaban J connectivity index is 1.69. The van der Waals surface area contributed by atoms with Crippen LogP contribution in [0.4, 0.5) is 5.69 Å². The Morgan fingerprint density at radius 1 is 1.17 bits per heavy atom. The Morgan fingerprint density at radius 3 is 2.59 bits per heavy atom. The van der Waals surface area contributed by atoms with Crippen LogP contribution in [0.15, 0.2) is 48.5 Å². The fourth-order valence-corrected chi connectivity index (χ4v) is 3.90. The van der Waals surface area contributed by atoms with Crippen molar-refractivity contribution >= 4 is 39.1 Å². The third-order valence-corrected chi connectivity index (χ3v) is 5.84. The van der Waals surface area contributed by atoms with Crippen molar-refractivity contribution in [3.63, 3.8) is 0 Å². The maximum atomic E-state index is 12.8. The number of benzene rings is 2. The van der Waals surface area contributed by atoms with E-state index in [2.05, 4.69) is 10.3 Å². The average Bonchev–Trinajstić information content (AvgIpc) is 3.16. The zero-order chi connectivity index (χ0) is 21.1. The summed E-state index contributed by atoms with van der Waals surface area (Å²) in [4.78, 5) is 41.6. The number of thiazole rings is 1. The Labute approximate surface area is 171 Å². The molecule has 0 aliphatic heterocycles. The van der Waals surface area contributed by atoms with Crippen LogP contribution in [0.25, 0.3) is 10.2 Å².